The van der Waals surface area contributed by atoms with Crippen LogP contribution in [0.25, 0.3) is 0 Å². The van der Waals surface area contributed by atoms with Gasteiger partial charge in [-0.05, 0) is 6.04 Å². The van der Waals surface area contributed by atoms with E-state index in [2.05, 4.69) is 19.6 Å². The van der Waals surface area contributed by atoms with Gasteiger partial charge in [-0.25, -0.2) is 0 Å². The minimum absolute atomic E-state index is 0.144. The molecule has 0 rings (SSSR count). The van der Waals surface area contributed by atoms with E-state index in [0.717, 1.165) is 15.6 Å². The van der Waals surface area contributed by atoms with E-state index in [9.17, 15) is 0 Å². The fourth-order valence-electron chi connectivity index (χ4n) is 0.675. The second-order valence-corrected chi connectivity index (χ2v) is 12.2. The van der Waals surface area contributed by atoms with E-state index < -0.39 is 8.07 Å². The topological polar surface area (TPSA) is 0 Å². The number of hydrogen-bond donors (Lipinski definition) is 0. The fraction of sp³-hybridized carbons (Fsp3) is 1.00. The highest BCUT2D eigenvalue weighted by atomic mass is 35.5. The number of halogens is 2. The molecular weight excluding hydrogens is 211 g/mol. The maximum atomic E-state index is 5.61. The molecule has 0 bridgehead atoms. The van der Waals surface area contributed by atoms with Gasteiger partial charge >= 0.3 is 0 Å². The maximum absolute atomic E-state index is 5.61. The molecule has 2 radical (unpaired) electrons. The Kier molecular flexibility index (Phi) is 6.14. The van der Waals surface area contributed by atoms with Gasteiger partial charge in [0.2, 0.25) is 0 Å². The van der Waals surface area contributed by atoms with Crippen molar-refractivity contribution in [3.05, 3.63) is 0 Å². The normalized spacial score (nSPS) is 12.5. The van der Waals surface area contributed by atoms with Crippen molar-refractivity contribution in [2.75, 3.05) is 0 Å². The molecule has 0 spiro atoms. The Hall–Kier alpha value is 1.01. The van der Waals surface area contributed by atoms with Gasteiger partial charge in [0.25, 0.3) is 0 Å². The molecule has 66 valence electrons. The molecule has 0 aromatic carbocycles. The summed E-state index contributed by atoms with van der Waals surface area (Å²) in [5, 5.41) is 0. The SMILES string of the molecule is C[Si](C)(C)CC[Si]CC(Cl)Cl. The molecule has 0 N–H and O–H groups in total. The van der Waals surface area contributed by atoms with E-state index in [1.807, 2.05) is 0 Å². The Morgan fingerprint density at radius 3 is 2.18 bits per heavy atom. The second-order valence-electron chi connectivity index (χ2n) is 3.91. The van der Waals surface area contributed by atoms with Gasteiger partial charge in [-0.2, -0.15) is 0 Å². The van der Waals surface area contributed by atoms with Crippen molar-refractivity contribution in [2.45, 2.75) is 42.6 Å². The minimum Gasteiger partial charge on any atom is -0.106 e. The zero-order valence-corrected chi connectivity index (χ0v) is 11.0. The molecule has 0 nitrogen and oxygen atoms in total. The third-order valence-corrected chi connectivity index (χ3v) is 5.73. The summed E-state index contributed by atoms with van der Waals surface area (Å²) in [6.07, 6.45) is 0. The zero-order valence-electron chi connectivity index (χ0n) is 7.45. The van der Waals surface area contributed by atoms with Crippen LogP contribution in [0.2, 0.25) is 37.8 Å². The quantitative estimate of drug-likeness (QED) is 0.382. The lowest BCUT2D eigenvalue weighted by molar-refractivity contribution is 1.27. The summed E-state index contributed by atoms with van der Waals surface area (Å²) in [6.45, 7) is 7.20. The van der Waals surface area contributed by atoms with Crippen LogP contribution in [0.3, 0.4) is 0 Å². The highest BCUT2D eigenvalue weighted by Gasteiger charge is 2.12. The Morgan fingerprint density at radius 1 is 1.27 bits per heavy atom. The van der Waals surface area contributed by atoms with Crippen molar-refractivity contribution in [2.24, 2.45) is 0 Å². The van der Waals surface area contributed by atoms with Crippen LogP contribution in [-0.4, -0.2) is 22.4 Å². The first-order valence-corrected chi connectivity index (χ1v) is 9.90. The molecular formula is C7H16Cl2Si2. The van der Waals surface area contributed by atoms with Crippen LogP contribution in [-0.2, 0) is 0 Å². The van der Waals surface area contributed by atoms with Gasteiger partial charge in [0.15, 0.2) is 0 Å². The third kappa shape index (κ3) is 11.0. The van der Waals surface area contributed by atoms with E-state index >= 15 is 0 Å². The molecule has 0 unspecified atom stereocenters. The molecule has 0 aliphatic rings. The predicted molar refractivity (Wildman–Crippen MR) is 59.0 cm³/mol. The van der Waals surface area contributed by atoms with Gasteiger partial charge in [0, 0.05) is 17.6 Å². The van der Waals surface area contributed by atoms with Crippen LogP contribution in [0.15, 0.2) is 0 Å². The van der Waals surface area contributed by atoms with E-state index in [1.165, 1.54) is 12.1 Å². The molecule has 4 heteroatoms. The van der Waals surface area contributed by atoms with Crippen molar-refractivity contribution in [1.29, 1.82) is 0 Å². The number of hydrogen-bond acceptors (Lipinski definition) is 0. The standard InChI is InChI=1S/C7H16Cl2Si2/c1-11(2,3)5-4-10-6-7(8)9/h7H,4-6H2,1-3H3. The van der Waals surface area contributed by atoms with E-state index in [-0.39, 0.29) is 4.84 Å². The van der Waals surface area contributed by atoms with Gasteiger partial charge < -0.3 is 0 Å². The first-order chi connectivity index (χ1) is 4.92. The average Bonchev–Trinajstić information content (AvgIpc) is 1.78. The molecule has 0 saturated heterocycles. The highest BCUT2D eigenvalue weighted by Crippen LogP contribution is 2.14. The fourth-order valence-corrected chi connectivity index (χ4v) is 5.46. The van der Waals surface area contributed by atoms with Gasteiger partial charge in [0.1, 0.15) is 4.84 Å². The first-order valence-electron chi connectivity index (χ1n) is 3.91. The third-order valence-electron chi connectivity index (χ3n) is 1.35. The Labute approximate surface area is 83.5 Å². The van der Waals surface area contributed by atoms with Crippen LogP contribution in [0.5, 0.6) is 0 Å². The zero-order chi connectivity index (χ0) is 8.91. The van der Waals surface area contributed by atoms with Gasteiger partial charge in [-0.15, -0.1) is 23.2 Å². The second kappa shape index (κ2) is 5.62. The number of rotatable bonds is 5. The van der Waals surface area contributed by atoms with Crippen molar-refractivity contribution in [1.82, 2.24) is 0 Å². The molecule has 0 heterocycles. The van der Waals surface area contributed by atoms with Crippen molar-refractivity contribution in [3.63, 3.8) is 0 Å². The molecule has 0 amide bonds. The molecule has 0 aliphatic carbocycles. The summed E-state index contributed by atoms with van der Waals surface area (Å²) in [7, 11) is 0.149. The largest absolute Gasteiger partial charge is 0.106 e. The Morgan fingerprint density at radius 2 is 1.82 bits per heavy atom. The minimum atomic E-state index is -0.808. The summed E-state index contributed by atoms with van der Waals surface area (Å²) in [5.41, 5.74) is 0. The molecule has 0 aromatic rings. The van der Waals surface area contributed by atoms with Crippen molar-refractivity contribution in [3.8, 4) is 0 Å². The van der Waals surface area contributed by atoms with Crippen LogP contribution in [0.1, 0.15) is 0 Å². The predicted octanol–water partition coefficient (Wildman–Crippen LogP) is 3.67. The van der Waals surface area contributed by atoms with Crippen molar-refractivity contribution < 1.29 is 0 Å². The number of alkyl halides is 2. The van der Waals surface area contributed by atoms with Gasteiger partial charge in [-0.1, -0.05) is 31.7 Å². The highest BCUT2D eigenvalue weighted by molar-refractivity contribution is 6.76. The van der Waals surface area contributed by atoms with E-state index in [1.54, 1.807) is 0 Å². The summed E-state index contributed by atoms with van der Waals surface area (Å²) in [6, 6.07) is 3.71. The van der Waals surface area contributed by atoms with Crippen molar-refractivity contribution >= 4 is 40.8 Å². The molecule has 0 aliphatic heterocycles. The smallest absolute Gasteiger partial charge is 0.105 e. The van der Waals surface area contributed by atoms with Crippen LogP contribution >= 0.6 is 23.2 Å². The molecule has 0 aromatic heterocycles. The monoisotopic (exact) mass is 226 g/mol. The van der Waals surface area contributed by atoms with Gasteiger partial charge in [-0.3, -0.25) is 0 Å². The lowest BCUT2D eigenvalue weighted by Crippen LogP contribution is -2.19. The molecule has 0 saturated carbocycles. The van der Waals surface area contributed by atoms with E-state index in [0.29, 0.717) is 0 Å². The Balaban J connectivity index is 3.15. The lowest BCUT2D eigenvalue weighted by Gasteiger charge is -2.14. The molecule has 0 fully saturated rings. The van der Waals surface area contributed by atoms with Crippen LogP contribution in [0, 0.1) is 0 Å². The van der Waals surface area contributed by atoms with Crippen LogP contribution < -0.4 is 0 Å². The summed E-state index contributed by atoms with van der Waals surface area (Å²) in [5.74, 6) is 0. The Bertz CT molecular complexity index is 99.1. The summed E-state index contributed by atoms with van der Waals surface area (Å²) in [4.78, 5) is -0.144. The van der Waals surface area contributed by atoms with E-state index in [4.69, 9.17) is 23.2 Å². The first kappa shape index (κ1) is 12.0. The summed E-state index contributed by atoms with van der Waals surface area (Å²) >= 11 is 11.2. The molecule has 0 atom stereocenters. The average molecular weight is 227 g/mol. The lowest BCUT2D eigenvalue weighted by atomic mass is 10.9. The molecule has 11 heavy (non-hydrogen) atoms. The maximum Gasteiger partial charge on any atom is 0.105 e. The van der Waals surface area contributed by atoms with Crippen LogP contribution in [0.4, 0.5) is 0 Å². The van der Waals surface area contributed by atoms with Gasteiger partial charge in [0.05, 0.1) is 0 Å². The summed E-state index contributed by atoms with van der Waals surface area (Å²) < 4.78 is 0.